The maximum Gasteiger partial charge on any atom is 0.404 e. The van der Waals surface area contributed by atoms with Crippen molar-refractivity contribution in [2.24, 2.45) is 0 Å². The molecule has 0 bridgehead atoms. The van der Waals surface area contributed by atoms with Gasteiger partial charge in [-0.1, -0.05) is 6.42 Å². The van der Waals surface area contributed by atoms with Gasteiger partial charge in [0.15, 0.2) is 0 Å². The van der Waals surface area contributed by atoms with Gasteiger partial charge in [-0.05, 0) is 19.4 Å². The molecule has 1 aliphatic heterocycles. The topological polar surface area (TPSA) is 64.6 Å². The summed E-state index contributed by atoms with van der Waals surface area (Å²) in [6, 6.07) is 0. The van der Waals surface area contributed by atoms with Gasteiger partial charge in [-0.3, -0.25) is 0 Å². The van der Waals surface area contributed by atoms with Crippen LogP contribution in [0.1, 0.15) is 19.3 Å². The molecule has 5 heteroatoms. The van der Waals surface area contributed by atoms with Crippen molar-refractivity contribution in [2.45, 2.75) is 19.3 Å². The number of carboxylic acid groups (broad SMARTS) is 1. The Balaban J connectivity index is 1.85. The third-order valence-electron chi connectivity index (χ3n) is 2.64. The van der Waals surface area contributed by atoms with Crippen LogP contribution in [0.4, 0.5) is 4.79 Å². The zero-order valence-electron chi connectivity index (χ0n) is 9.17. The largest absolute Gasteiger partial charge is 0.465 e. The van der Waals surface area contributed by atoms with Crippen molar-refractivity contribution in [2.75, 3.05) is 39.3 Å². The predicted octanol–water partition coefficient (Wildman–Crippen LogP) is 0.329. The van der Waals surface area contributed by atoms with Crippen LogP contribution in [0, 0.1) is 0 Å². The first-order chi connectivity index (χ1) is 7.29. The summed E-state index contributed by atoms with van der Waals surface area (Å²) in [5.74, 6) is 0. The summed E-state index contributed by atoms with van der Waals surface area (Å²) >= 11 is 0. The van der Waals surface area contributed by atoms with E-state index in [-0.39, 0.29) is 0 Å². The zero-order valence-corrected chi connectivity index (χ0v) is 9.17. The number of nitrogens with one attached hydrogen (secondary N) is 2. The van der Waals surface area contributed by atoms with Crippen LogP contribution in [0.3, 0.4) is 0 Å². The summed E-state index contributed by atoms with van der Waals surface area (Å²) in [4.78, 5) is 12.6. The molecule has 0 atom stereocenters. The van der Waals surface area contributed by atoms with Gasteiger partial charge in [0.25, 0.3) is 0 Å². The van der Waals surface area contributed by atoms with Crippen molar-refractivity contribution in [1.82, 2.24) is 15.5 Å². The smallest absolute Gasteiger partial charge is 0.404 e. The van der Waals surface area contributed by atoms with Crippen molar-refractivity contribution < 1.29 is 9.90 Å². The second-order valence-corrected chi connectivity index (χ2v) is 3.88. The Bertz CT molecular complexity index is 182. The van der Waals surface area contributed by atoms with Gasteiger partial charge in [-0.15, -0.1) is 0 Å². The summed E-state index contributed by atoms with van der Waals surface area (Å²) in [6.45, 7) is 6.22. The molecule has 88 valence electrons. The van der Waals surface area contributed by atoms with E-state index >= 15 is 0 Å². The van der Waals surface area contributed by atoms with Crippen LogP contribution < -0.4 is 10.6 Å². The first-order valence-corrected chi connectivity index (χ1v) is 5.69. The lowest BCUT2D eigenvalue weighted by Crippen LogP contribution is -2.43. The van der Waals surface area contributed by atoms with Crippen LogP contribution in [0.25, 0.3) is 0 Å². The van der Waals surface area contributed by atoms with Crippen molar-refractivity contribution >= 4 is 6.09 Å². The molecule has 0 aromatic rings. The minimum absolute atomic E-state index is 0.580. The van der Waals surface area contributed by atoms with E-state index in [1.165, 1.54) is 6.42 Å². The number of hydrogen-bond donors (Lipinski definition) is 3. The van der Waals surface area contributed by atoms with Crippen molar-refractivity contribution in [3.8, 4) is 0 Å². The normalized spacial score (nSPS) is 17.6. The molecule has 0 aromatic carbocycles. The highest BCUT2D eigenvalue weighted by Crippen LogP contribution is 1.99. The highest BCUT2D eigenvalue weighted by molar-refractivity contribution is 5.64. The van der Waals surface area contributed by atoms with E-state index in [0.29, 0.717) is 6.54 Å². The minimum Gasteiger partial charge on any atom is -0.465 e. The van der Waals surface area contributed by atoms with Gasteiger partial charge >= 0.3 is 6.09 Å². The second-order valence-electron chi connectivity index (χ2n) is 3.88. The van der Waals surface area contributed by atoms with Crippen molar-refractivity contribution in [1.29, 1.82) is 0 Å². The van der Waals surface area contributed by atoms with Gasteiger partial charge in [0.2, 0.25) is 0 Å². The van der Waals surface area contributed by atoms with Crippen LogP contribution in [-0.4, -0.2) is 55.4 Å². The SMILES string of the molecule is O=C(O)NCCCCCN1CCNCC1. The predicted molar refractivity (Wildman–Crippen MR) is 59.2 cm³/mol. The van der Waals surface area contributed by atoms with Crippen LogP contribution >= 0.6 is 0 Å². The van der Waals surface area contributed by atoms with Gasteiger partial charge in [0, 0.05) is 32.7 Å². The van der Waals surface area contributed by atoms with E-state index in [2.05, 4.69) is 15.5 Å². The minimum atomic E-state index is -0.919. The van der Waals surface area contributed by atoms with E-state index in [1.54, 1.807) is 0 Å². The lowest BCUT2D eigenvalue weighted by atomic mass is 10.2. The number of amides is 1. The third-order valence-corrected chi connectivity index (χ3v) is 2.64. The fourth-order valence-electron chi connectivity index (χ4n) is 1.77. The molecule has 0 aromatic heterocycles. The summed E-state index contributed by atoms with van der Waals surface area (Å²) in [5.41, 5.74) is 0. The van der Waals surface area contributed by atoms with E-state index < -0.39 is 6.09 Å². The number of piperazine rings is 1. The lowest BCUT2D eigenvalue weighted by molar-refractivity contribution is 0.194. The molecule has 1 fully saturated rings. The maximum atomic E-state index is 10.2. The Morgan fingerprint density at radius 2 is 2.00 bits per heavy atom. The Morgan fingerprint density at radius 1 is 1.27 bits per heavy atom. The molecule has 1 rings (SSSR count). The standard InChI is InChI=1S/C10H21N3O2/c14-10(15)12-4-2-1-3-7-13-8-5-11-6-9-13/h11-12H,1-9H2,(H,14,15). The van der Waals surface area contributed by atoms with Gasteiger partial charge in [0.1, 0.15) is 0 Å². The van der Waals surface area contributed by atoms with Gasteiger partial charge in [0.05, 0.1) is 0 Å². The van der Waals surface area contributed by atoms with Crippen LogP contribution in [0.15, 0.2) is 0 Å². The summed E-state index contributed by atoms with van der Waals surface area (Å²) < 4.78 is 0. The number of rotatable bonds is 6. The lowest BCUT2D eigenvalue weighted by Gasteiger charge is -2.26. The maximum absolute atomic E-state index is 10.2. The van der Waals surface area contributed by atoms with Gasteiger partial charge < -0.3 is 20.6 Å². The molecule has 0 spiro atoms. The van der Waals surface area contributed by atoms with E-state index in [9.17, 15) is 4.79 Å². The Kier molecular flexibility index (Phi) is 6.11. The monoisotopic (exact) mass is 215 g/mol. The fraction of sp³-hybridized carbons (Fsp3) is 0.900. The highest BCUT2D eigenvalue weighted by Gasteiger charge is 2.07. The Morgan fingerprint density at radius 3 is 2.67 bits per heavy atom. The van der Waals surface area contributed by atoms with E-state index in [0.717, 1.165) is 45.6 Å². The number of nitrogens with zero attached hydrogens (tertiary/aromatic N) is 1. The summed E-state index contributed by atoms with van der Waals surface area (Å²) in [5, 5.41) is 14.0. The third kappa shape index (κ3) is 6.30. The average Bonchev–Trinajstić information content (AvgIpc) is 2.24. The van der Waals surface area contributed by atoms with Crippen LogP contribution in [-0.2, 0) is 0 Å². The number of hydrogen-bond acceptors (Lipinski definition) is 3. The first-order valence-electron chi connectivity index (χ1n) is 5.69. The van der Waals surface area contributed by atoms with Crippen molar-refractivity contribution in [3.05, 3.63) is 0 Å². The number of carbonyl (C=O) groups is 1. The number of unbranched alkanes of at least 4 members (excludes halogenated alkanes) is 2. The molecule has 15 heavy (non-hydrogen) atoms. The average molecular weight is 215 g/mol. The summed E-state index contributed by atoms with van der Waals surface area (Å²) in [6.07, 6.45) is 2.29. The van der Waals surface area contributed by atoms with Gasteiger partial charge in [-0.2, -0.15) is 0 Å². The molecule has 0 radical (unpaired) electrons. The van der Waals surface area contributed by atoms with Gasteiger partial charge in [-0.25, -0.2) is 4.79 Å². The molecule has 5 nitrogen and oxygen atoms in total. The van der Waals surface area contributed by atoms with E-state index in [4.69, 9.17) is 5.11 Å². The molecule has 1 saturated heterocycles. The fourth-order valence-corrected chi connectivity index (χ4v) is 1.77. The second kappa shape index (κ2) is 7.48. The van der Waals surface area contributed by atoms with Crippen LogP contribution in [0.2, 0.25) is 0 Å². The summed E-state index contributed by atoms with van der Waals surface area (Å²) in [7, 11) is 0. The van der Waals surface area contributed by atoms with Crippen LogP contribution in [0.5, 0.6) is 0 Å². The molecule has 0 unspecified atom stereocenters. The quantitative estimate of drug-likeness (QED) is 0.559. The first kappa shape index (κ1) is 12.3. The molecule has 1 heterocycles. The highest BCUT2D eigenvalue weighted by atomic mass is 16.4. The molecular formula is C10H21N3O2. The van der Waals surface area contributed by atoms with E-state index in [1.807, 2.05) is 0 Å². The Labute approximate surface area is 90.8 Å². The molecule has 0 aliphatic carbocycles. The Hall–Kier alpha value is -0.810. The molecule has 3 N–H and O–H groups in total. The zero-order chi connectivity index (χ0) is 10.9. The van der Waals surface area contributed by atoms with Crippen molar-refractivity contribution in [3.63, 3.8) is 0 Å². The molecular weight excluding hydrogens is 194 g/mol. The molecule has 1 aliphatic rings. The molecule has 1 amide bonds. The molecule has 0 saturated carbocycles.